The van der Waals surface area contributed by atoms with Crippen LogP contribution in [0.5, 0.6) is 0 Å². The predicted molar refractivity (Wildman–Crippen MR) is 90.4 cm³/mol. The molecule has 21 heavy (non-hydrogen) atoms. The standard InChI is InChI=1S/C17H32N4/c1-5-20(6-2)11-8-12-21(7-3)17(13-18)16-10-9-15(4)19-14-16/h9-10,14,17H,5-8,11-13,18H2,1-4H3. The SMILES string of the molecule is CCN(CC)CCCN(CC)C(CN)c1ccc(C)nc1. The lowest BCUT2D eigenvalue weighted by Gasteiger charge is -2.31. The number of hydrogen-bond acceptors (Lipinski definition) is 4. The molecule has 1 atom stereocenters. The Hall–Kier alpha value is -0.970. The molecule has 0 spiro atoms. The summed E-state index contributed by atoms with van der Waals surface area (Å²) in [6.45, 7) is 14.8. The van der Waals surface area contributed by atoms with E-state index >= 15 is 0 Å². The number of nitrogens with two attached hydrogens (primary N) is 1. The molecule has 0 aliphatic rings. The van der Waals surface area contributed by atoms with E-state index in [1.54, 1.807) is 0 Å². The molecule has 1 unspecified atom stereocenters. The first-order valence-electron chi connectivity index (χ1n) is 8.25. The summed E-state index contributed by atoms with van der Waals surface area (Å²) >= 11 is 0. The lowest BCUT2D eigenvalue weighted by Crippen LogP contribution is -2.36. The predicted octanol–water partition coefficient (Wildman–Crippen LogP) is 2.44. The van der Waals surface area contributed by atoms with Gasteiger partial charge in [0.2, 0.25) is 0 Å². The molecule has 0 amide bonds. The summed E-state index contributed by atoms with van der Waals surface area (Å²) < 4.78 is 0. The lowest BCUT2D eigenvalue weighted by molar-refractivity contribution is 0.193. The molecule has 1 aromatic rings. The van der Waals surface area contributed by atoms with E-state index in [1.807, 2.05) is 13.1 Å². The van der Waals surface area contributed by atoms with Gasteiger partial charge >= 0.3 is 0 Å². The van der Waals surface area contributed by atoms with Gasteiger partial charge in [0.05, 0.1) is 0 Å². The normalized spacial score (nSPS) is 13.1. The molecule has 0 bridgehead atoms. The van der Waals surface area contributed by atoms with E-state index in [0.717, 1.165) is 38.4 Å². The van der Waals surface area contributed by atoms with Gasteiger partial charge in [-0.1, -0.05) is 26.8 Å². The Morgan fingerprint density at radius 1 is 1.10 bits per heavy atom. The molecule has 4 nitrogen and oxygen atoms in total. The minimum absolute atomic E-state index is 0.278. The zero-order valence-electron chi connectivity index (χ0n) is 14.2. The molecule has 0 aliphatic carbocycles. The van der Waals surface area contributed by atoms with Crippen molar-refractivity contribution in [1.82, 2.24) is 14.8 Å². The molecule has 0 fully saturated rings. The number of pyridine rings is 1. The summed E-state index contributed by atoms with van der Waals surface area (Å²) in [7, 11) is 0. The first-order chi connectivity index (χ1) is 10.2. The number of aryl methyl sites for hydroxylation is 1. The van der Waals surface area contributed by atoms with E-state index in [9.17, 15) is 0 Å². The number of aromatic nitrogens is 1. The largest absolute Gasteiger partial charge is 0.329 e. The average molecular weight is 292 g/mol. The summed E-state index contributed by atoms with van der Waals surface area (Å²) in [5, 5.41) is 0. The molecular formula is C17H32N4. The minimum Gasteiger partial charge on any atom is -0.329 e. The average Bonchev–Trinajstić information content (AvgIpc) is 2.52. The molecule has 2 N–H and O–H groups in total. The van der Waals surface area contributed by atoms with Crippen molar-refractivity contribution in [1.29, 1.82) is 0 Å². The van der Waals surface area contributed by atoms with Gasteiger partial charge in [-0.3, -0.25) is 9.88 Å². The Kier molecular flexibility index (Phi) is 8.50. The molecule has 0 aromatic carbocycles. The number of nitrogens with zero attached hydrogens (tertiary/aromatic N) is 3. The van der Waals surface area contributed by atoms with Crippen LogP contribution < -0.4 is 5.73 Å². The number of likely N-dealkylation sites (N-methyl/N-ethyl adjacent to an activating group) is 1. The van der Waals surface area contributed by atoms with Gasteiger partial charge in [0.15, 0.2) is 0 Å². The molecule has 1 rings (SSSR count). The van der Waals surface area contributed by atoms with Gasteiger partial charge in [-0.2, -0.15) is 0 Å². The third-order valence-electron chi connectivity index (χ3n) is 4.20. The molecule has 0 aliphatic heterocycles. The molecule has 4 heteroatoms. The topological polar surface area (TPSA) is 45.4 Å². The zero-order chi connectivity index (χ0) is 15.7. The fourth-order valence-corrected chi connectivity index (χ4v) is 2.74. The number of rotatable bonds is 10. The highest BCUT2D eigenvalue weighted by Gasteiger charge is 2.17. The molecule has 120 valence electrons. The smallest absolute Gasteiger partial charge is 0.0485 e. The van der Waals surface area contributed by atoms with Gasteiger partial charge in [-0.15, -0.1) is 0 Å². The fraction of sp³-hybridized carbons (Fsp3) is 0.706. The van der Waals surface area contributed by atoms with Crippen molar-refractivity contribution in [2.75, 3.05) is 39.3 Å². The summed E-state index contributed by atoms with van der Waals surface area (Å²) in [5.74, 6) is 0. The Bertz CT molecular complexity index is 373. The van der Waals surface area contributed by atoms with Crippen LogP contribution >= 0.6 is 0 Å². The van der Waals surface area contributed by atoms with Crippen LogP contribution in [0.1, 0.15) is 44.5 Å². The third-order valence-corrected chi connectivity index (χ3v) is 4.20. The van der Waals surface area contributed by atoms with E-state index in [0.29, 0.717) is 6.54 Å². The van der Waals surface area contributed by atoms with E-state index in [1.165, 1.54) is 12.0 Å². The Morgan fingerprint density at radius 2 is 1.81 bits per heavy atom. The second kappa shape index (κ2) is 9.87. The molecule has 0 radical (unpaired) electrons. The lowest BCUT2D eigenvalue weighted by atomic mass is 10.1. The highest BCUT2D eigenvalue weighted by Crippen LogP contribution is 2.19. The minimum atomic E-state index is 0.278. The maximum atomic E-state index is 6.02. The second-order valence-corrected chi connectivity index (χ2v) is 5.49. The van der Waals surface area contributed by atoms with Crippen LogP contribution in [-0.2, 0) is 0 Å². The summed E-state index contributed by atoms with van der Waals surface area (Å²) in [6.07, 6.45) is 3.16. The van der Waals surface area contributed by atoms with Crippen LogP contribution in [0.2, 0.25) is 0 Å². The van der Waals surface area contributed by atoms with E-state index in [2.05, 4.69) is 47.7 Å². The molecule has 0 saturated carbocycles. The van der Waals surface area contributed by atoms with Crippen LogP contribution in [0.25, 0.3) is 0 Å². The first-order valence-corrected chi connectivity index (χ1v) is 8.25. The first kappa shape index (κ1) is 18.1. The van der Waals surface area contributed by atoms with Crippen LogP contribution in [0.15, 0.2) is 18.3 Å². The molecule has 1 heterocycles. The molecule has 1 aromatic heterocycles. The van der Waals surface area contributed by atoms with Gasteiger partial charge in [-0.25, -0.2) is 0 Å². The van der Waals surface area contributed by atoms with Crippen LogP contribution in [-0.4, -0.2) is 54.1 Å². The van der Waals surface area contributed by atoms with Crippen molar-refractivity contribution < 1.29 is 0 Å². The maximum absolute atomic E-state index is 6.02. The Balaban J connectivity index is 2.61. The van der Waals surface area contributed by atoms with E-state index in [-0.39, 0.29) is 6.04 Å². The van der Waals surface area contributed by atoms with Gasteiger partial charge in [0.1, 0.15) is 0 Å². The van der Waals surface area contributed by atoms with Crippen molar-refractivity contribution in [2.24, 2.45) is 5.73 Å². The van der Waals surface area contributed by atoms with E-state index < -0.39 is 0 Å². The highest BCUT2D eigenvalue weighted by molar-refractivity contribution is 5.17. The van der Waals surface area contributed by atoms with E-state index in [4.69, 9.17) is 5.73 Å². The summed E-state index contributed by atoms with van der Waals surface area (Å²) in [4.78, 5) is 9.35. The van der Waals surface area contributed by atoms with Gasteiger partial charge < -0.3 is 10.6 Å². The maximum Gasteiger partial charge on any atom is 0.0485 e. The zero-order valence-corrected chi connectivity index (χ0v) is 14.2. The van der Waals surface area contributed by atoms with Gasteiger partial charge in [0, 0.05) is 31.0 Å². The summed E-state index contributed by atoms with van der Waals surface area (Å²) in [6, 6.07) is 4.51. The van der Waals surface area contributed by atoms with Crippen molar-refractivity contribution in [3.63, 3.8) is 0 Å². The van der Waals surface area contributed by atoms with Crippen molar-refractivity contribution in [2.45, 2.75) is 40.2 Å². The summed E-state index contributed by atoms with van der Waals surface area (Å²) in [5.41, 5.74) is 8.31. The van der Waals surface area contributed by atoms with Crippen molar-refractivity contribution in [3.05, 3.63) is 29.6 Å². The quantitative estimate of drug-likeness (QED) is 0.719. The second-order valence-electron chi connectivity index (χ2n) is 5.49. The van der Waals surface area contributed by atoms with Gasteiger partial charge in [0.25, 0.3) is 0 Å². The monoisotopic (exact) mass is 292 g/mol. The van der Waals surface area contributed by atoms with Crippen LogP contribution in [0, 0.1) is 6.92 Å². The Labute approximate surface area is 130 Å². The molecule has 0 saturated heterocycles. The van der Waals surface area contributed by atoms with Crippen LogP contribution in [0.3, 0.4) is 0 Å². The molecular weight excluding hydrogens is 260 g/mol. The fourth-order valence-electron chi connectivity index (χ4n) is 2.74. The Morgan fingerprint density at radius 3 is 2.29 bits per heavy atom. The van der Waals surface area contributed by atoms with Crippen molar-refractivity contribution >= 4 is 0 Å². The highest BCUT2D eigenvalue weighted by atomic mass is 15.2. The van der Waals surface area contributed by atoms with Crippen LogP contribution in [0.4, 0.5) is 0 Å². The third kappa shape index (κ3) is 5.73. The van der Waals surface area contributed by atoms with Crippen molar-refractivity contribution in [3.8, 4) is 0 Å². The van der Waals surface area contributed by atoms with Gasteiger partial charge in [-0.05, 0) is 51.2 Å². The number of hydrogen-bond donors (Lipinski definition) is 1.